The van der Waals surface area contributed by atoms with Crippen LogP contribution in [0.5, 0.6) is 11.5 Å². The van der Waals surface area contributed by atoms with Gasteiger partial charge in [-0.25, -0.2) is 0 Å². The standard InChI is InChI=1S/C14H19N3O2.2ClH/c1-19-14-10-11(2-3-13(14)18)12(4-5-15)17-8-6-16-7-9-17;;/h2-3,10,12,16,18H,4,6-9H2,1H3;2*1H/t12-;;/m1../s1. The van der Waals surface area contributed by atoms with E-state index in [2.05, 4.69) is 16.3 Å². The van der Waals surface area contributed by atoms with Crippen LogP contribution in [0.1, 0.15) is 18.0 Å². The summed E-state index contributed by atoms with van der Waals surface area (Å²) in [5.41, 5.74) is 1.01. The molecule has 0 bridgehead atoms. The van der Waals surface area contributed by atoms with Crippen molar-refractivity contribution in [1.82, 2.24) is 10.2 Å². The van der Waals surface area contributed by atoms with Crippen molar-refractivity contribution in [3.63, 3.8) is 0 Å². The molecular weight excluding hydrogens is 313 g/mol. The van der Waals surface area contributed by atoms with E-state index in [1.54, 1.807) is 6.07 Å². The molecule has 118 valence electrons. The summed E-state index contributed by atoms with van der Waals surface area (Å²) >= 11 is 0. The van der Waals surface area contributed by atoms with Gasteiger partial charge in [-0.2, -0.15) is 5.26 Å². The van der Waals surface area contributed by atoms with Crippen LogP contribution < -0.4 is 10.1 Å². The maximum atomic E-state index is 9.64. The van der Waals surface area contributed by atoms with Crippen LogP contribution in [0.3, 0.4) is 0 Å². The van der Waals surface area contributed by atoms with Crippen molar-refractivity contribution in [1.29, 1.82) is 5.26 Å². The molecule has 1 atom stereocenters. The highest BCUT2D eigenvalue weighted by molar-refractivity contribution is 5.85. The minimum Gasteiger partial charge on any atom is -0.504 e. The van der Waals surface area contributed by atoms with Crippen LogP contribution in [0.4, 0.5) is 0 Å². The van der Waals surface area contributed by atoms with E-state index < -0.39 is 0 Å². The zero-order valence-corrected chi connectivity index (χ0v) is 13.5. The normalized spacial score (nSPS) is 16.0. The number of phenolic OH excluding ortho intramolecular Hbond substituents is 1. The van der Waals surface area contributed by atoms with Crippen molar-refractivity contribution >= 4 is 24.8 Å². The van der Waals surface area contributed by atoms with Crippen molar-refractivity contribution in [2.45, 2.75) is 12.5 Å². The fourth-order valence-corrected chi connectivity index (χ4v) is 2.44. The number of halogens is 2. The lowest BCUT2D eigenvalue weighted by atomic mass is 10.0. The molecule has 0 amide bonds. The molecule has 2 N–H and O–H groups in total. The third-order valence-electron chi connectivity index (χ3n) is 3.47. The minimum absolute atomic E-state index is 0. The second-order valence-corrected chi connectivity index (χ2v) is 4.60. The number of nitrogens with one attached hydrogen (secondary N) is 1. The summed E-state index contributed by atoms with van der Waals surface area (Å²) in [6.07, 6.45) is 0.438. The van der Waals surface area contributed by atoms with Crippen molar-refractivity contribution in [3.8, 4) is 17.6 Å². The van der Waals surface area contributed by atoms with Gasteiger partial charge < -0.3 is 15.2 Å². The van der Waals surface area contributed by atoms with E-state index in [9.17, 15) is 5.11 Å². The van der Waals surface area contributed by atoms with E-state index in [1.165, 1.54) is 7.11 Å². The van der Waals surface area contributed by atoms with Crippen LogP contribution >= 0.6 is 24.8 Å². The third-order valence-corrected chi connectivity index (χ3v) is 3.47. The Bertz CT molecular complexity index is 474. The Kier molecular flexibility index (Phi) is 9.14. The first-order valence-electron chi connectivity index (χ1n) is 6.45. The lowest BCUT2D eigenvalue weighted by Gasteiger charge is -2.34. The van der Waals surface area contributed by atoms with Gasteiger partial charge in [0, 0.05) is 32.2 Å². The molecular formula is C14H21Cl2N3O2. The van der Waals surface area contributed by atoms with E-state index in [0.29, 0.717) is 12.2 Å². The molecule has 1 aromatic rings. The molecule has 0 aliphatic carbocycles. The number of rotatable bonds is 4. The van der Waals surface area contributed by atoms with Gasteiger partial charge in [-0.05, 0) is 17.7 Å². The van der Waals surface area contributed by atoms with Crippen molar-refractivity contribution < 1.29 is 9.84 Å². The molecule has 5 nitrogen and oxygen atoms in total. The maximum absolute atomic E-state index is 9.64. The summed E-state index contributed by atoms with van der Waals surface area (Å²) in [6.45, 7) is 3.74. The molecule has 1 saturated heterocycles. The minimum atomic E-state index is 0. The SMILES string of the molecule is COc1cc([C@@H](CC#N)N2CCNCC2)ccc1O.Cl.Cl. The number of nitriles is 1. The van der Waals surface area contributed by atoms with E-state index >= 15 is 0 Å². The molecule has 0 saturated carbocycles. The van der Waals surface area contributed by atoms with Crippen LogP contribution in [-0.2, 0) is 0 Å². The number of aromatic hydroxyl groups is 1. The Morgan fingerprint density at radius 2 is 2.05 bits per heavy atom. The zero-order valence-electron chi connectivity index (χ0n) is 11.9. The Hall–Kier alpha value is -1.19. The second-order valence-electron chi connectivity index (χ2n) is 4.60. The van der Waals surface area contributed by atoms with Crippen LogP contribution in [0, 0.1) is 11.3 Å². The molecule has 1 fully saturated rings. The maximum Gasteiger partial charge on any atom is 0.160 e. The first-order chi connectivity index (χ1) is 9.26. The number of nitrogens with zero attached hydrogens (tertiary/aromatic N) is 2. The Morgan fingerprint density at radius 3 is 2.62 bits per heavy atom. The first-order valence-corrected chi connectivity index (χ1v) is 6.45. The molecule has 0 unspecified atom stereocenters. The van der Waals surface area contributed by atoms with Gasteiger partial charge in [-0.15, -0.1) is 24.8 Å². The lowest BCUT2D eigenvalue weighted by molar-refractivity contribution is 0.175. The molecule has 21 heavy (non-hydrogen) atoms. The van der Waals surface area contributed by atoms with E-state index in [1.807, 2.05) is 12.1 Å². The van der Waals surface area contributed by atoms with E-state index in [4.69, 9.17) is 10.00 Å². The number of benzene rings is 1. The molecule has 1 aliphatic heterocycles. The summed E-state index contributed by atoms with van der Waals surface area (Å²) in [7, 11) is 1.53. The lowest BCUT2D eigenvalue weighted by Crippen LogP contribution is -2.45. The molecule has 7 heteroatoms. The number of hydrogen-bond acceptors (Lipinski definition) is 5. The summed E-state index contributed by atoms with van der Waals surface area (Å²) in [5.74, 6) is 0.581. The van der Waals surface area contributed by atoms with Crippen molar-refractivity contribution in [2.75, 3.05) is 33.3 Å². The van der Waals surface area contributed by atoms with Crippen LogP contribution in [0.2, 0.25) is 0 Å². The van der Waals surface area contributed by atoms with Gasteiger partial charge in [-0.1, -0.05) is 6.07 Å². The molecule has 0 spiro atoms. The van der Waals surface area contributed by atoms with Gasteiger partial charge in [0.25, 0.3) is 0 Å². The third kappa shape index (κ3) is 4.94. The predicted molar refractivity (Wildman–Crippen MR) is 86.6 cm³/mol. The fourth-order valence-electron chi connectivity index (χ4n) is 2.44. The fraction of sp³-hybridized carbons (Fsp3) is 0.500. The average Bonchev–Trinajstić information content (AvgIpc) is 2.46. The Labute approximate surface area is 137 Å². The number of hydrogen-bond donors (Lipinski definition) is 2. The summed E-state index contributed by atoms with van der Waals surface area (Å²) in [5, 5.41) is 22.0. The van der Waals surface area contributed by atoms with Crippen LogP contribution in [-0.4, -0.2) is 43.3 Å². The molecule has 0 aromatic heterocycles. The Balaban J connectivity index is 0.00000200. The Morgan fingerprint density at radius 1 is 1.38 bits per heavy atom. The highest BCUT2D eigenvalue weighted by Gasteiger charge is 2.22. The van der Waals surface area contributed by atoms with E-state index in [0.717, 1.165) is 31.7 Å². The van der Waals surface area contributed by atoms with Gasteiger partial charge in [-0.3, -0.25) is 4.90 Å². The topological polar surface area (TPSA) is 68.5 Å². The molecule has 1 aliphatic rings. The van der Waals surface area contributed by atoms with Gasteiger partial charge in [0.1, 0.15) is 0 Å². The van der Waals surface area contributed by atoms with Crippen LogP contribution in [0.25, 0.3) is 0 Å². The first kappa shape index (κ1) is 19.8. The highest BCUT2D eigenvalue weighted by Crippen LogP contribution is 2.32. The van der Waals surface area contributed by atoms with Gasteiger partial charge in [0.2, 0.25) is 0 Å². The smallest absolute Gasteiger partial charge is 0.160 e. The highest BCUT2D eigenvalue weighted by atomic mass is 35.5. The average molecular weight is 334 g/mol. The van der Waals surface area contributed by atoms with Gasteiger partial charge >= 0.3 is 0 Å². The number of phenols is 1. The number of methoxy groups -OCH3 is 1. The predicted octanol–water partition coefficient (Wildman–Crippen LogP) is 2.10. The van der Waals surface area contributed by atoms with E-state index in [-0.39, 0.29) is 36.6 Å². The zero-order chi connectivity index (χ0) is 13.7. The molecule has 1 heterocycles. The molecule has 2 rings (SSSR count). The number of piperazine rings is 1. The number of ether oxygens (including phenoxy) is 1. The van der Waals surface area contributed by atoms with Crippen LogP contribution in [0.15, 0.2) is 18.2 Å². The second kappa shape index (κ2) is 9.69. The summed E-state index contributed by atoms with van der Waals surface area (Å²) < 4.78 is 5.14. The van der Waals surface area contributed by atoms with Gasteiger partial charge in [0.15, 0.2) is 11.5 Å². The molecule has 1 aromatic carbocycles. The van der Waals surface area contributed by atoms with Crippen molar-refractivity contribution in [2.24, 2.45) is 0 Å². The van der Waals surface area contributed by atoms with Crippen molar-refractivity contribution in [3.05, 3.63) is 23.8 Å². The summed E-state index contributed by atoms with van der Waals surface area (Å²) in [4.78, 5) is 2.30. The molecule has 0 radical (unpaired) electrons. The van der Waals surface area contributed by atoms with Gasteiger partial charge in [0.05, 0.1) is 19.6 Å². The largest absolute Gasteiger partial charge is 0.504 e. The summed E-state index contributed by atoms with van der Waals surface area (Å²) in [6, 6.07) is 7.61. The quantitative estimate of drug-likeness (QED) is 0.883. The monoisotopic (exact) mass is 333 g/mol.